The van der Waals surface area contributed by atoms with Crippen molar-refractivity contribution >= 4 is 17.5 Å². The molecule has 0 spiro atoms. The van der Waals surface area contributed by atoms with Gasteiger partial charge in [0.2, 0.25) is 5.95 Å². The van der Waals surface area contributed by atoms with Crippen molar-refractivity contribution in [2.75, 3.05) is 43.4 Å². The standard InChI is InChI=1S/C22H30N6O2/c1-3-23-20-7-5-4-6-18(20)10-11-27(2)16-17-8-12-28(13-9-17)22-24-14-19(15-25-22)21(29)26-30/h3-7,14-15,17,23,30H,1,8-13,16H2,2H3,(H,26,29). The Labute approximate surface area is 177 Å². The minimum absolute atomic E-state index is 0.239. The van der Waals surface area contributed by atoms with Crippen LogP contribution in [0.2, 0.25) is 0 Å². The largest absolute Gasteiger partial charge is 0.362 e. The molecular formula is C22H30N6O2. The van der Waals surface area contributed by atoms with Crippen LogP contribution in [0.15, 0.2) is 49.4 Å². The maximum absolute atomic E-state index is 11.4. The first-order chi connectivity index (χ1) is 14.6. The molecule has 30 heavy (non-hydrogen) atoms. The second-order valence-corrected chi connectivity index (χ2v) is 7.66. The lowest BCUT2D eigenvalue weighted by molar-refractivity contribution is 0.0705. The van der Waals surface area contributed by atoms with E-state index in [-0.39, 0.29) is 5.56 Å². The van der Waals surface area contributed by atoms with Gasteiger partial charge in [0.05, 0.1) is 5.56 Å². The molecule has 160 valence electrons. The zero-order valence-electron chi connectivity index (χ0n) is 17.4. The molecule has 1 aliphatic heterocycles. The minimum Gasteiger partial charge on any atom is -0.362 e. The number of hydrogen-bond acceptors (Lipinski definition) is 7. The summed E-state index contributed by atoms with van der Waals surface area (Å²) in [5.74, 6) is 0.668. The summed E-state index contributed by atoms with van der Waals surface area (Å²) in [6.07, 6.45) is 7.75. The minimum atomic E-state index is -0.605. The number of likely N-dealkylation sites (N-methyl/N-ethyl adjacent to an activating group) is 1. The van der Waals surface area contributed by atoms with Crippen molar-refractivity contribution in [1.82, 2.24) is 20.3 Å². The predicted molar refractivity (Wildman–Crippen MR) is 118 cm³/mol. The van der Waals surface area contributed by atoms with E-state index < -0.39 is 5.91 Å². The molecule has 8 nitrogen and oxygen atoms in total. The van der Waals surface area contributed by atoms with Gasteiger partial charge in [-0.25, -0.2) is 15.4 Å². The average molecular weight is 411 g/mol. The molecule has 3 rings (SSSR count). The van der Waals surface area contributed by atoms with E-state index in [0.717, 1.165) is 51.1 Å². The van der Waals surface area contributed by atoms with Crippen molar-refractivity contribution in [3.05, 3.63) is 60.6 Å². The normalized spacial score (nSPS) is 14.6. The highest BCUT2D eigenvalue weighted by atomic mass is 16.5. The van der Waals surface area contributed by atoms with Gasteiger partial charge in [-0.2, -0.15) is 0 Å². The van der Waals surface area contributed by atoms with Gasteiger partial charge >= 0.3 is 0 Å². The number of amides is 1. The van der Waals surface area contributed by atoms with Gasteiger partial charge < -0.3 is 15.1 Å². The van der Waals surface area contributed by atoms with Crippen LogP contribution in [0.5, 0.6) is 0 Å². The Hall–Kier alpha value is -2.97. The Bertz CT molecular complexity index is 834. The number of benzene rings is 1. The first-order valence-electron chi connectivity index (χ1n) is 10.3. The average Bonchev–Trinajstić information content (AvgIpc) is 2.79. The highest BCUT2D eigenvalue weighted by Gasteiger charge is 2.22. The number of hydrogen-bond donors (Lipinski definition) is 3. The van der Waals surface area contributed by atoms with E-state index in [1.807, 2.05) is 6.07 Å². The van der Waals surface area contributed by atoms with Gasteiger partial charge in [-0.1, -0.05) is 24.8 Å². The second kappa shape index (κ2) is 10.7. The monoisotopic (exact) mass is 410 g/mol. The van der Waals surface area contributed by atoms with Gasteiger partial charge in [0.1, 0.15) is 0 Å². The fraction of sp³-hybridized carbons (Fsp3) is 0.409. The number of para-hydroxylation sites is 1. The van der Waals surface area contributed by atoms with Gasteiger partial charge in [0.25, 0.3) is 5.91 Å². The number of carbonyl (C=O) groups is 1. The van der Waals surface area contributed by atoms with E-state index in [2.05, 4.69) is 56.9 Å². The van der Waals surface area contributed by atoms with E-state index in [0.29, 0.717) is 11.9 Å². The molecule has 1 aromatic carbocycles. The Morgan fingerprint density at radius 1 is 1.30 bits per heavy atom. The molecule has 0 bridgehead atoms. The molecule has 8 heteroatoms. The number of rotatable bonds is 9. The number of nitrogens with one attached hydrogen (secondary N) is 2. The zero-order valence-corrected chi connectivity index (χ0v) is 17.4. The summed E-state index contributed by atoms with van der Waals surface area (Å²) in [6.45, 7) is 7.63. The lowest BCUT2D eigenvalue weighted by atomic mass is 9.96. The maximum Gasteiger partial charge on any atom is 0.277 e. The summed E-state index contributed by atoms with van der Waals surface area (Å²) in [4.78, 5) is 24.5. The number of piperidine rings is 1. The van der Waals surface area contributed by atoms with Crippen molar-refractivity contribution in [3.63, 3.8) is 0 Å². The quantitative estimate of drug-likeness (QED) is 0.432. The highest BCUT2D eigenvalue weighted by molar-refractivity contribution is 5.92. The number of carbonyl (C=O) groups excluding carboxylic acids is 1. The molecule has 1 amide bonds. The third kappa shape index (κ3) is 5.77. The molecule has 1 fully saturated rings. The topological polar surface area (TPSA) is 93.6 Å². The van der Waals surface area contributed by atoms with Crippen LogP contribution in [-0.2, 0) is 6.42 Å². The number of hydroxylamine groups is 1. The third-order valence-corrected chi connectivity index (χ3v) is 5.51. The summed E-state index contributed by atoms with van der Waals surface area (Å²) in [5.41, 5.74) is 4.25. The van der Waals surface area contributed by atoms with Crippen molar-refractivity contribution < 1.29 is 10.0 Å². The van der Waals surface area contributed by atoms with Crippen LogP contribution < -0.4 is 15.7 Å². The summed E-state index contributed by atoms with van der Waals surface area (Å²) in [7, 11) is 2.18. The van der Waals surface area contributed by atoms with Gasteiger partial charge in [0, 0.05) is 44.3 Å². The summed E-state index contributed by atoms with van der Waals surface area (Å²) >= 11 is 0. The predicted octanol–water partition coefficient (Wildman–Crippen LogP) is 2.54. The Kier molecular flexibility index (Phi) is 7.75. The number of aromatic nitrogens is 2. The molecule has 2 aromatic rings. The molecule has 3 N–H and O–H groups in total. The smallest absolute Gasteiger partial charge is 0.277 e. The first kappa shape index (κ1) is 21.7. The molecular weight excluding hydrogens is 380 g/mol. The SMILES string of the molecule is C=CNc1ccccc1CCN(C)CC1CCN(c2ncc(C(=O)NO)cn2)CC1. The molecule has 0 unspecified atom stereocenters. The molecule has 1 aliphatic rings. The van der Waals surface area contributed by atoms with Gasteiger partial charge in [-0.05, 0) is 50.1 Å². The molecule has 2 heterocycles. The highest BCUT2D eigenvalue weighted by Crippen LogP contribution is 2.22. The van der Waals surface area contributed by atoms with Crippen LogP contribution in [0.4, 0.5) is 11.6 Å². The molecule has 1 saturated heterocycles. The molecule has 0 saturated carbocycles. The van der Waals surface area contributed by atoms with Crippen molar-refractivity contribution in [2.24, 2.45) is 5.92 Å². The number of anilines is 2. The fourth-order valence-electron chi connectivity index (χ4n) is 3.81. The Morgan fingerprint density at radius 2 is 2.00 bits per heavy atom. The van der Waals surface area contributed by atoms with E-state index in [4.69, 9.17) is 5.21 Å². The van der Waals surface area contributed by atoms with E-state index in [1.165, 1.54) is 18.0 Å². The Morgan fingerprint density at radius 3 is 2.67 bits per heavy atom. The van der Waals surface area contributed by atoms with E-state index in [9.17, 15) is 4.79 Å². The van der Waals surface area contributed by atoms with E-state index in [1.54, 1.807) is 11.7 Å². The van der Waals surface area contributed by atoms with Crippen LogP contribution >= 0.6 is 0 Å². The van der Waals surface area contributed by atoms with Crippen LogP contribution in [0.1, 0.15) is 28.8 Å². The summed E-state index contributed by atoms with van der Waals surface area (Å²) in [5, 5.41) is 11.9. The van der Waals surface area contributed by atoms with Gasteiger partial charge in [0.15, 0.2) is 0 Å². The lowest BCUT2D eigenvalue weighted by Gasteiger charge is -2.34. The van der Waals surface area contributed by atoms with Crippen molar-refractivity contribution in [2.45, 2.75) is 19.3 Å². The summed E-state index contributed by atoms with van der Waals surface area (Å²) in [6, 6.07) is 8.35. The van der Waals surface area contributed by atoms with Gasteiger partial charge in [-0.15, -0.1) is 0 Å². The van der Waals surface area contributed by atoms with Crippen LogP contribution in [-0.4, -0.2) is 59.2 Å². The van der Waals surface area contributed by atoms with E-state index >= 15 is 0 Å². The van der Waals surface area contributed by atoms with Crippen LogP contribution in [0.25, 0.3) is 0 Å². The summed E-state index contributed by atoms with van der Waals surface area (Å²) < 4.78 is 0. The Balaban J connectivity index is 1.44. The number of nitrogens with zero attached hydrogens (tertiary/aromatic N) is 4. The second-order valence-electron chi connectivity index (χ2n) is 7.66. The molecule has 1 aromatic heterocycles. The third-order valence-electron chi connectivity index (χ3n) is 5.51. The van der Waals surface area contributed by atoms with Crippen LogP contribution in [0, 0.1) is 5.92 Å². The molecule has 0 radical (unpaired) electrons. The fourth-order valence-corrected chi connectivity index (χ4v) is 3.81. The zero-order chi connectivity index (χ0) is 21.3. The lowest BCUT2D eigenvalue weighted by Crippen LogP contribution is -2.39. The maximum atomic E-state index is 11.4. The van der Waals surface area contributed by atoms with Crippen LogP contribution in [0.3, 0.4) is 0 Å². The van der Waals surface area contributed by atoms with Gasteiger partial charge in [-0.3, -0.25) is 10.0 Å². The molecule has 0 atom stereocenters. The van der Waals surface area contributed by atoms with Crippen molar-refractivity contribution in [3.8, 4) is 0 Å². The first-order valence-corrected chi connectivity index (χ1v) is 10.3. The van der Waals surface area contributed by atoms with Crippen molar-refractivity contribution in [1.29, 1.82) is 0 Å². The molecule has 0 aliphatic carbocycles.